The summed E-state index contributed by atoms with van der Waals surface area (Å²) in [6.07, 6.45) is 3.97. The van der Waals surface area contributed by atoms with E-state index in [1.54, 1.807) is 0 Å². The first-order chi connectivity index (χ1) is 10.3. The largest absolute Gasteiger partial charge is 0.494 e. The molecular formula is C17H26N2O2. The maximum Gasteiger partial charge on any atom is 0.119 e. The molecule has 21 heavy (non-hydrogen) atoms. The highest BCUT2D eigenvalue weighted by Gasteiger charge is 2.28. The van der Waals surface area contributed by atoms with Gasteiger partial charge in [-0.3, -0.25) is 4.90 Å². The zero-order valence-electron chi connectivity index (χ0n) is 12.9. The van der Waals surface area contributed by atoms with Crippen molar-refractivity contribution in [2.24, 2.45) is 0 Å². The van der Waals surface area contributed by atoms with Gasteiger partial charge in [-0.05, 0) is 57.0 Å². The van der Waals surface area contributed by atoms with E-state index >= 15 is 0 Å². The topological polar surface area (TPSA) is 33.7 Å². The molecule has 2 fully saturated rings. The summed E-state index contributed by atoms with van der Waals surface area (Å²) in [5.41, 5.74) is 0. The average Bonchev–Trinajstić information content (AvgIpc) is 2.83. The fourth-order valence-electron chi connectivity index (χ4n) is 3.31. The van der Waals surface area contributed by atoms with E-state index in [0.717, 1.165) is 30.7 Å². The number of hydrogen-bond donors (Lipinski definition) is 1. The Labute approximate surface area is 127 Å². The fraction of sp³-hybridized carbons (Fsp3) is 0.647. The van der Waals surface area contributed by atoms with Gasteiger partial charge in [0.2, 0.25) is 0 Å². The quantitative estimate of drug-likeness (QED) is 0.871. The summed E-state index contributed by atoms with van der Waals surface area (Å²) in [7, 11) is 0. The van der Waals surface area contributed by atoms with E-state index in [4.69, 9.17) is 9.47 Å². The third-order valence-electron chi connectivity index (χ3n) is 4.42. The first kappa shape index (κ1) is 14.7. The summed E-state index contributed by atoms with van der Waals surface area (Å²) >= 11 is 0. The smallest absolute Gasteiger partial charge is 0.119 e. The summed E-state index contributed by atoms with van der Waals surface area (Å²) in [5.74, 6) is 1.83. The lowest BCUT2D eigenvalue weighted by Gasteiger charge is -2.23. The molecule has 0 radical (unpaired) electrons. The van der Waals surface area contributed by atoms with E-state index in [1.165, 1.54) is 32.4 Å². The molecule has 0 saturated carbocycles. The van der Waals surface area contributed by atoms with Crippen molar-refractivity contribution in [1.82, 2.24) is 10.2 Å². The Kier molecular flexibility index (Phi) is 4.99. The summed E-state index contributed by atoms with van der Waals surface area (Å²) < 4.78 is 11.3. The molecule has 4 nitrogen and oxygen atoms in total. The molecule has 0 aliphatic carbocycles. The molecule has 1 N–H and O–H groups in total. The normalized spacial score (nSPS) is 25.6. The molecule has 3 rings (SSSR count). The molecule has 2 heterocycles. The van der Waals surface area contributed by atoms with E-state index in [1.807, 2.05) is 31.2 Å². The molecule has 1 aromatic carbocycles. The average molecular weight is 290 g/mol. The van der Waals surface area contributed by atoms with Gasteiger partial charge in [0, 0.05) is 25.2 Å². The van der Waals surface area contributed by atoms with E-state index in [2.05, 4.69) is 10.2 Å². The maximum atomic E-state index is 5.85. The van der Waals surface area contributed by atoms with Gasteiger partial charge in [0.15, 0.2) is 0 Å². The third-order valence-corrected chi connectivity index (χ3v) is 4.42. The minimum absolute atomic E-state index is 0.697. The second-order valence-electron chi connectivity index (χ2n) is 5.98. The van der Waals surface area contributed by atoms with Gasteiger partial charge in [0.05, 0.1) is 6.61 Å². The van der Waals surface area contributed by atoms with Crippen LogP contribution in [0, 0.1) is 0 Å². The van der Waals surface area contributed by atoms with Crippen LogP contribution in [0.2, 0.25) is 0 Å². The van der Waals surface area contributed by atoms with Gasteiger partial charge in [-0.1, -0.05) is 0 Å². The van der Waals surface area contributed by atoms with Crippen LogP contribution < -0.4 is 14.8 Å². The monoisotopic (exact) mass is 290 g/mol. The van der Waals surface area contributed by atoms with Crippen LogP contribution in [0.15, 0.2) is 24.3 Å². The molecule has 2 atom stereocenters. The summed E-state index contributed by atoms with van der Waals surface area (Å²) in [6.45, 7) is 6.83. The molecule has 1 aromatic rings. The van der Waals surface area contributed by atoms with Crippen molar-refractivity contribution in [3.05, 3.63) is 24.3 Å². The maximum absolute atomic E-state index is 5.85. The first-order valence-electron chi connectivity index (χ1n) is 8.17. The summed E-state index contributed by atoms with van der Waals surface area (Å²) in [5, 5.41) is 3.71. The van der Waals surface area contributed by atoms with Crippen LogP contribution in [0.1, 0.15) is 26.2 Å². The van der Waals surface area contributed by atoms with E-state index in [9.17, 15) is 0 Å². The van der Waals surface area contributed by atoms with Gasteiger partial charge >= 0.3 is 0 Å². The molecule has 2 aliphatic rings. The first-order valence-corrected chi connectivity index (χ1v) is 8.17. The Morgan fingerprint density at radius 1 is 1.05 bits per heavy atom. The second kappa shape index (κ2) is 7.14. The minimum atomic E-state index is 0.697. The van der Waals surface area contributed by atoms with Crippen molar-refractivity contribution in [3.63, 3.8) is 0 Å². The van der Waals surface area contributed by atoms with Crippen LogP contribution in [-0.2, 0) is 0 Å². The fourth-order valence-corrected chi connectivity index (χ4v) is 3.31. The van der Waals surface area contributed by atoms with Crippen molar-refractivity contribution < 1.29 is 9.47 Å². The van der Waals surface area contributed by atoms with Crippen molar-refractivity contribution >= 4 is 0 Å². The predicted molar refractivity (Wildman–Crippen MR) is 84.1 cm³/mol. The molecule has 2 aliphatic heterocycles. The molecule has 0 aromatic heterocycles. The molecule has 2 unspecified atom stereocenters. The minimum Gasteiger partial charge on any atom is -0.494 e. The molecule has 116 valence electrons. The van der Waals surface area contributed by atoms with Crippen LogP contribution in [0.5, 0.6) is 11.5 Å². The van der Waals surface area contributed by atoms with Crippen LogP contribution in [0.4, 0.5) is 0 Å². The van der Waals surface area contributed by atoms with Gasteiger partial charge in [-0.15, -0.1) is 0 Å². The van der Waals surface area contributed by atoms with Crippen molar-refractivity contribution in [2.75, 3.05) is 32.8 Å². The Balaban J connectivity index is 1.41. The number of fused-ring (bicyclic) bond motifs is 2. The highest BCUT2D eigenvalue weighted by Crippen LogP contribution is 2.20. The zero-order valence-corrected chi connectivity index (χ0v) is 12.9. The van der Waals surface area contributed by atoms with Crippen LogP contribution in [-0.4, -0.2) is 49.8 Å². The molecule has 2 bridgehead atoms. The number of nitrogens with one attached hydrogen (secondary N) is 1. The molecular weight excluding hydrogens is 264 g/mol. The zero-order chi connectivity index (χ0) is 14.5. The highest BCUT2D eigenvalue weighted by molar-refractivity contribution is 5.31. The van der Waals surface area contributed by atoms with Crippen LogP contribution in [0.3, 0.4) is 0 Å². The highest BCUT2D eigenvalue weighted by atomic mass is 16.5. The number of hydrogen-bond acceptors (Lipinski definition) is 4. The van der Waals surface area contributed by atoms with Gasteiger partial charge in [0.25, 0.3) is 0 Å². The molecule has 2 saturated heterocycles. The van der Waals surface area contributed by atoms with Crippen molar-refractivity contribution in [3.8, 4) is 11.5 Å². The van der Waals surface area contributed by atoms with Crippen LogP contribution >= 0.6 is 0 Å². The molecule has 0 spiro atoms. The summed E-state index contributed by atoms with van der Waals surface area (Å²) in [6, 6.07) is 9.35. The Morgan fingerprint density at radius 2 is 1.76 bits per heavy atom. The SMILES string of the molecule is CCOc1ccc(OCCN2CCC3CCC(C2)N3)cc1. The Bertz CT molecular complexity index is 435. The Morgan fingerprint density at radius 3 is 2.52 bits per heavy atom. The van der Waals surface area contributed by atoms with Gasteiger partial charge in [0.1, 0.15) is 18.1 Å². The Hall–Kier alpha value is -1.26. The van der Waals surface area contributed by atoms with E-state index in [-0.39, 0.29) is 0 Å². The number of ether oxygens (including phenoxy) is 2. The number of likely N-dealkylation sites (tertiary alicyclic amines) is 1. The van der Waals surface area contributed by atoms with Gasteiger partial charge in [-0.2, -0.15) is 0 Å². The van der Waals surface area contributed by atoms with Gasteiger partial charge in [-0.25, -0.2) is 0 Å². The third kappa shape index (κ3) is 4.11. The van der Waals surface area contributed by atoms with Gasteiger partial charge < -0.3 is 14.8 Å². The van der Waals surface area contributed by atoms with E-state index in [0.29, 0.717) is 12.6 Å². The van der Waals surface area contributed by atoms with Crippen molar-refractivity contribution in [1.29, 1.82) is 0 Å². The molecule has 0 amide bonds. The number of benzene rings is 1. The summed E-state index contributed by atoms with van der Waals surface area (Å²) in [4.78, 5) is 2.53. The standard InChI is InChI=1S/C17H26N2O2/c1-2-20-16-5-7-17(8-6-16)21-12-11-19-10-9-14-3-4-15(13-19)18-14/h5-8,14-15,18H,2-4,9-13H2,1H3. The second-order valence-corrected chi connectivity index (χ2v) is 5.98. The van der Waals surface area contributed by atoms with Crippen molar-refractivity contribution in [2.45, 2.75) is 38.3 Å². The number of rotatable bonds is 6. The number of nitrogens with zero attached hydrogens (tertiary/aromatic N) is 1. The lowest BCUT2D eigenvalue weighted by Crippen LogP contribution is -2.37. The van der Waals surface area contributed by atoms with Crippen LogP contribution in [0.25, 0.3) is 0 Å². The van der Waals surface area contributed by atoms with E-state index < -0.39 is 0 Å². The predicted octanol–water partition coefficient (Wildman–Crippen LogP) is 2.29. The lowest BCUT2D eigenvalue weighted by molar-refractivity contribution is 0.201. The lowest BCUT2D eigenvalue weighted by atomic mass is 10.1. The molecule has 4 heteroatoms.